The number of hydrogen-bond acceptors (Lipinski definition) is 1. The lowest BCUT2D eigenvalue weighted by molar-refractivity contribution is 1.15. The highest BCUT2D eigenvalue weighted by Crippen LogP contribution is 2.23. The van der Waals surface area contributed by atoms with Crippen molar-refractivity contribution in [1.82, 2.24) is 0 Å². The van der Waals surface area contributed by atoms with E-state index in [0.29, 0.717) is 11.6 Å². The molecule has 0 unspecified atom stereocenters. The van der Waals surface area contributed by atoms with Gasteiger partial charge >= 0.3 is 0 Å². The molecule has 0 bridgehead atoms. The third-order valence-electron chi connectivity index (χ3n) is 2.66. The van der Waals surface area contributed by atoms with Crippen LogP contribution in [0.1, 0.15) is 11.1 Å². The minimum atomic E-state index is 0.665. The van der Waals surface area contributed by atoms with Crippen molar-refractivity contribution in [2.45, 2.75) is 13.5 Å². The number of nitrogens with one attached hydrogen (secondary N) is 1. The van der Waals surface area contributed by atoms with Gasteiger partial charge in [0.25, 0.3) is 0 Å². The molecule has 0 aromatic heterocycles. The molecule has 0 aliphatic heterocycles. The van der Waals surface area contributed by atoms with E-state index in [1.165, 1.54) is 9.13 Å². The van der Waals surface area contributed by atoms with Gasteiger partial charge in [-0.05, 0) is 71.0 Å². The van der Waals surface area contributed by atoms with E-state index < -0.39 is 0 Å². The molecule has 2 aromatic carbocycles. The highest BCUT2D eigenvalue weighted by Gasteiger charge is 2.02. The van der Waals surface area contributed by atoms with Crippen molar-refractivity contribution >= 4 is 51.5 Å². The van der Waals surface area contributed by atoms with E-state index in [4.69, 9.17) is 23.2 Å². The van der Waals surface area contributed by atoms with Gasteiger partial charge in [0, 0.05) is 25.8 Å². The first-order valence-corrected chi connectivity index (χ1v) is 7.33. The van der Waals surface area contributed by atoms with Crippen LogP contribution >= 0.6 is 45.8 Å². The Bertz CT molecular complexity index is 570. The van der Waals surface area contributed by atoms with Crippen molar-refractivity contribution in [1.29, 1.82) is 0 Å². The molecule has 0 heterocycles. The lowest BCUT2D eigenvalue weighted by atomic mass is 10.2. The SMILES string of the molecule is Cc1ccc(NCc2cc(Cl)ccc2Cl)cc1I. The Kier molecular flexibility index (Phi) is 4.76. The number of benzene rings is 2. The zero-order chi connectivity index (χ0) is 13.1. The molecule has 1 N–H and O–H groups in total. The lowest BCUT2D eigenvalue weighted by Gasteiger charge is -2.09. The second-order valence-corrected chi connectivity index (χ2v) is 6.06. The van der Waals surface area contributed by atoms with Crippen LogP contribution in [0.3, 0.4) is 0 Å². The van der Waals surface area contributed by atoms with Gasteiger partial charge in [-0.1, -0.05) is 29.3 Å². The molecule has 0 aliphatic rings. The van der Waals surface area contributed by atoms with Crippen molar-refractivity contribution < 1.29 is 0 Å². The van der Waals surface area contributed by atoms with Crippen molar-refractivity contribution in [2.24, 2.45) is 0 Å². The van der Waals surface area contributed by atoms with Crippen LogP contribution in [0.4, 0.5) is 5.69 Å². The fraction of sp³-hybridized carbons (Fsp3) is 0.143. The van der Waals surface area contributed by atoms with Crippen LogP contribution in [0.5, 0.6) is 0 Å². The smallest absolute Gasteiger partial charge is 0.0456 e. The Balaban J connectivity index is 2.11. The number of hydrogen-bond donors (Lipinski definition) is 1. The van der Waals surface area contributed by atoms with E-state index in [1.54, 1.807) is 6.07 Å². The summed E-state index contributed by atoms with van der Waals surface area (Å²) in [7, 11) is 0. The summed E-state index contributed by atoms with van der Waals surface area (Å²) in [5, 5.41) is 4.78. The normalized spacial score (nSPS) is 10.4. The third-order valence-corrected chi connectivity index (χ3v) is 4.43. The monoisotopic (exact) mass is 391 g/mol. The molecule has 2 rings (SSSR count). The molecule has 2 aromatic rings. The molecule has 0 amide bonds. The molecule has 0 fully saturated rings. The first kappa shape index (κ1) is 14.0. The standard InChI is InChI=1S/C14H12Cl2IN/c1-9-2-4-12(7-14(9)17)18-8-10-6-11(15)3-5-13(10)16/h2-7,18H,8H2,1H3. The summed E-state index contributed by atoms with van der Waals surface area (Å²) in [5.74, 6) is 0. The zero-order valence-corrected chi connectivity index (χ0v) is 13.5. The largest absolute Gasteiger partial charge is 0.381 e. The van der Waals surface area contributed by atoms with Gasteiger partial charge in [0.05, 0.1) is 0 Å². The van der Waals surface area contributed by atoms with Crippen molar-refractivity contribution in [3.8, 4) is 0 Å². The molecule has 0 radical (unpaired) electrons. The van der Waals surface area contributed by atoms with Crippen molar-refractivity contribution in [2.75, 3.05) is 5.32 Å². The first-order chi connectivity index (χ1) is 8.56. The van der Waals surface area contributed by atoms with Crippen LogP contribution in [0, 0.1) is 10.5 Å². The molecule has 18 heavy (non-hydrogen) atoms. The van der Waals surface area contributed by atoms with Crippen LogP contribution in [0.25, 0.3) is 0 Å². The Morgan fingerprint density at radius 2 is 1.89 bits per heavy atom. The summed E-state index contributed by atoms with van der Waals surface area (Å²) < 4.78 is 1.25. The predicted octanol–water partition coefficient (Wildman–Crippen LogP) is 5.52. The number of aryl methyl sites for hydroxylation is 1. The Hall–Kier alpha value is -0.450. The maximum Gasteiger partial charge on any atom is 0.0456 e. The van der Waals surface area contributed by atoms with E-state index in [2.05, 4.69) is 53.0 Å². The van der Waals surface area contributed by atoms with Crippen LogP contribution in [0.15, 0.2) is 36.4 Å². The quantitative estimate of drug-likeness (QED) is 0.679. The summed E-state index contributed by atoms with van der Waals surface area (Å²) in [6.07, 6.45) is 0. The molecule has 0 saturated heterocycles. The summed E-state index contributed by atoms with van der Waals surface area (Å²) in [4.78, 5) is 0. The predicted molar refractivity (Wildman–Crippen MR) is 87.7 cm³/mol. The average Bonchev–Trinajstić information content (AvgIpc) is 2.34. The highest BCUT2D eigenvalue weighted by molar-refractivity contribution is 14.1. The number of halogens is 3. The zero-order valence-electron chi connectivity index (χ0n) is 9.81. The van der Waals surface area contributed by atoms with E-state index >= 15 is 0 Å². The second-order valence-electron chi connectivity index (χ2n) is 4.05. The molecule has 0 atom stereocenters. The Morgan fingerprint density at radius 1 is 1.11 bits per heavy atom. The van der Waals surface area contributed by atoms with E-state index in [0.717, 1.165) is 16.3 Å². The minimum Gasteiger partial charge on any atom is -0.381 e. The molecular formula is C14H12Cl2IN. The molecule has 0 spiro atoms. The van der Waals surface area contributed by atoms with Crippen molar-refractivity contribution in [3.05, 3.63) is 61.1 Å². The van der Waals surface area contributed by atoms with E-state index in [9.17, 15) is 0 Å². The van der Waals surface area contributed by atoms with Crippen molar-refractivity contribution in [3.63, 3.8) is 0 Å². The minimum absolute atomic E-state index is 0.665. The molecule has 94 valence electrons. The van der Waals surface area contributed by atoms with Gasteiger partial charge in [-0.15, -0.1) is 0 Å². The van der Waals surface area contributed by atoms with Gasteiger partial charge in [-0.3, -0.25) is 0 Å². The van der Waals surface area contributed by atoms with E-state index in [1.807, 2.05) is 12.1 Å². The average molecular weight is 392 g/mol. The fourth-order valence-corrected chi connectivity index (χ4v) is 2.47. The molecule has 1 nitrogen and oxygen atoms in total. The number of rotatable bonds is 3. The Labute approximate surface area is 131 Å². The third kappa shape index (κ3) is 3.53. The Morgan fingerprint density at radius 3 is 2.61 bits per heavy atom. The summed E-state index contributed by atoms with van der Waals surface area (Å²) in [6, 6.07) is 11.8. The van der Waals surface area contributed by atoms with Gasteiger partial charge in [0.15, 0.2) is 0 Å². The van der Waals surface area contributed by atoms with Gasteiger partial charge in [-0.2, -0.15) is 0 Å². The van der Waals surface area contributed by atoms with Crippen LogP contribution < -0.4 is 5.32 Å². The summed E-state index contributed by atoms with van der Waals surface area (Å²) in [5.41, 5.74) is 3.36. The molecule has 4 heteroatoms. The second kappa shape index (κ2) is 6.13. The van der Waals surface area contributed by atoms with Crippen LogP contribution in [0.2, 0.25) is 10.0 Å². The van der Waals surface area contributed by atoms with Gasteiger partial charge in [-0.25, -0.2) is 0 Å². The van der Waals surface area contributed by atoms with Crippen LogP contribution in [-0.2, 0) is 6.54 Å². The van der Waals surface area contributed by atoms with Gasteiger partial charge in [0.1, 0.15) is 0 Å². The topological polar surface area (TPSA) is 12.0 Å². The number of anilines is 1. The highest BCUT2D eigenvalue weighted by atomic mass is 127. The first-order valence-electron chi connectivity index (χ1n) is 5.50. The molecule has 0 aliphatic carbocycles. The van der Waals surface area contributed by atoms with Gasteiger partial charge < -0.3 is 5.32 Å². The summed E-state index contributed by atoms with van der Waals surface area (Å²) >= 11 is 14.4. The fourth-order valence-electron chi connectivity index (χ4n) is 1.58. The maximum absolute atomic E-state index is 6.12. The van der Waals surface area contributed by atoms with Crippen LogP contribution in [-0.4, -0.2) is 0 Å². The molecular weight excluding hydrogens is 380 g/mol. The van der Waals surface area contributed by atoms with Gasteiger partial charge in [0.2, 0.25) is 0 Å². The summed E-state index contributed by atoms with van der Waals surface area (Å²) in [6.45, 7) is 2.76. The van der Waals surface area contributed by atoms with E-state index in [-0.39, 0.29) is 0 Å². The maximum atomic E-state index is 6.12. The lowest BCUT2D eigenvalue weighted by Crippen LogP contribution is -2.00. The molecule has 0 saturated carbocycles.